The topological polar surface area (TPSA) is 55.1 Å². The molecule has 0 spiro atoms. The predicted octanol–water partition coefficient (Wildman–Crippen LogP) is 1.66. The highest BCUT2D eigenvalue weighted by Crippen LogP contribution is 2.18. The fourth-order valence-corrected chi connectivity index (χ4v) is 1.36. The molecule has 15 heavy (non-hydrogen) atoms. The third-order valence-corrected chi connectivity index (χ3v) is 2.49. The fourth-order valence-electron chi connectivity index (χ4n) is 1.12. The molecule has 0 radical (unpaired) electrons. The van der Waals surface area contributed by atoms with Gasteiger partial charge >= 0.3 is 0 Å². The van der Waals surface area contributed by atoms with Crippen molar-refractivity contribution in [2.75, 3.05) is 6.54 Å². The van der Waals surface area contributed by atoms with E-state index in [-0.39, 0.29) is 17.4 Å². The Morgan fingerprint density at radius 3 is 2.87 bits per heavy atom. The standard InChI is InChI=1S/C10H11ClN2OS/c1-6-7(3-2-4-8(6)11)10(14)13-5-9(12)15/h2-4H,5H2,1H3,(H2,12,15)(H,13,14). The van der Waals surface area contributed by atoms with Gasteiger partial charge in [0, 0.05) is 10.6 Å². The van der Waals surface area contributed by atoms with Crippen molar-refractivity contribution >= 4 is 34.7 Å². The smallest absolute Gasteiger partial charge is 0.251 e. The number of carbonyl (C=O) groups is 1. The zero-order chi connectivity index (χ0) is 11.4. The second-order valence-electron chi connectivity index (χ2n) is 3.06. The number of nitrogens with one attached hydrogen (secondary N) is 1. The molecule has 0 bridgehead atoms. The van der Waals surface area contributed by atoms with Crippen molar-refractivity contribution in [2.45, 2.75) is 6.92 Å². The molecule has 1 amide bonds. The molecule has 0 aliphatic rings. The molecule has 0 heterocycles. The molecule has 0 saturated carbocycles. The molecule has 1 rings (SSSR count). The van der Waals surface area contributed by atoms with E-state index >= 15 is 0 Å². The van der Waals surface area contributed by atoms with Crippen LogP contribution in [0.1, 0.15) is 15.9 Å². The highest BCUT2D eigenvalue weighted by Gasteiger charge is 2.10. The lowest BCUT2D eigenvalue weighted by atomic mass is 10.1. The van der Waals surface area contributed by atoms with E-state index < -0.39 is 0 Å². The lowest BCUT2D eigenvalue weighted by Gasteiger charge is -2.07. The van der Waals surface area contributed by atoms with Crippen molar-refractivity contribution in [3.05, 3.63) is 34.3 Å². The van der Waals surface area contributed by atoms with Crippen LogP contribution in [0, 0.1) is 6.92 Å². The Bertz CT molecular complexity index is 406. The lowest BCUT2D eigenvalue weighted by Crippen LogP contribution is -2.32. The maximum Gasteiger partial charge on any atom is 0.251 e. The quantitative estimate of drug-likeness (QED) is 0.793. The number of hydrogen-bond acceptors (Lipinski definition) is 2. The van der Waals surface area contributed by atoms with Crippen molar-refractivity contribution in [2.24, 2.45) is 5.73 Å². The van der Waals surface area contributed by atoms with Gasteiger partial charge in [-0.1, -0.05) is 29.9 Å². The first-order chi connectivity index (χ1) is 7.02. The Hall–Kier alpha value is -1.13. The van der Waals surface area contributed by atoms with Gasteiger partial charge in [0.1, 0.15) is 0 Å². The summed E-state index contributed by atoms with van der Waals surface area (Å²) in [7, 11) is 0. The van der Waals surface area contributed by atoms with Gasteiger partial charge in [0.15, 0.2) is 0 Å². The predicted molar refractivity (Wildman–Crippen MR) is 65.3 cm³/mol. The van der Waals surface area contributed by atoms with Gasteiger partial charge in [-0.05, 0) is 24.6 Å². The normalized spacial score (nSPS) is 9.73. The minimum absolute atomic E-state index is 0.195. The zero-order valence-corrected chi connectivity index (χ0v) is 9.78. The van der Waals surface area contributed by atoms with Crippen molar-refractivity contribution in [1.29, 1.82) is 0 Å². The average molecular weight is 243 g/mol. The average Bonchev–Trinajstić information content (AvgIpc) is 2.18. The van der Waals surface area contributed by atoms with E-state index in [4.69, 9.17) is 17.3 Å². The van der Waals surface area contributed by atoms with Crippen LogP contribution in [0.3, 0.4) is 0 Å². The first kappa shape index (κ1) is 11.9. The molecule has 0 aromatic heterocycles. The van der Waals surface area contributed by atoms with Gasteiger partial charge in [0.2, 0.25) is 0 Å². The summed E-state index contributed by atoms with van der Waals surface area (Å²) in [6.45, 7) is 1.98. The number of thiocarbonyl (C=S) groups is 1. The van der Waals surface area contributed by atoms with Crippen LogP contribution in [0.15, 0.2) is 18.2 Å². The van der Waals surface area contributed by atoms with Crippen LogP contribution in [-0.2, 0) is 0 Å². The number of benzene rings is 1. The Kier molecular flexibility index (Phi) is 4.05. The summed E-state index contributed by atoms with van der Waals surface area (Å²) in [4.78, 5) is 11.9. The molecular formula is C10H11ClN2OS. The molecule has 0 aliphatic heterocycles. The second-order valence-corrected chi connectivity index (χ2v) is 3.99. The van der Waals surface area contributed by atoms with Crippen LogP contribution < -0.4 is 11.1 Å². The minimum atomic E-state index is -0.220. The summed E-state index contributed by atoms with van der Waals surface area (Å²) in [6.07, 6.45) is 0. The Labute approximate surface area is 98.6 Å². The Morgan fingerprint density at radius 2 is 2.27 bits per heavy atom. The monoisotopic (exact) mass is 242 g/mol. The van der Waals surface area contributed by atoms with E-state index in [9.17, 15) is 4.79 Å². The molecule has 80 valence electrons. The fraction of sp³-hybridized carbons (Fsp3) is 0.200. The summed E-state index contributed by atoms with van der Waals surface area (Å²) in [5.41, 5.74) is 6.57. The summed E-state index contributed by atoms with van der Waals surface area (Å²) in [5, 5.41) is 3.17. The molecule has 1 aromatic carbocycles. The molecule has 0 saturated heterocycles. The SMILES string of the molecule is Cc1c(Cl)cccc1C(=O)NCC(N)=S. The molecule has 0 unspecified atom stereocenters. The number of rotatable bonds is 3. The molecule has 0 fully saturated rings. The number of nitrogens with two attached hydrogens (primary N) is 1. The summed E-state index contributed by atoms with van der Waals surface area (Å²) in [5.74, 6) is -0.220. The number of hydrogen-bond donors (Lipinski definition) is 2. The van der Waals surface area contributed by atoms with Crippen molar-refractivity contribution in [3.63, 3.8) is 0 Å². The van der Waals surface area contributed by atoms with E-state index in [1.807, 2.05) is 0 Å². The van der Waals surface area contributed by atoms with E-state index in [0.717, 1.165) is 5.56 Å². The van der Waals surface area contributed by atoms with Gasteiger partial charge < -0.3 is 11.1 Å². The van der Waals surface area contributed by atoms with Crippen molar-refractivity contribution in [3.8, 4) is 0 Å². The Morgan fingerprint density at radius 1 is 1.60 bits per heavy atom. The third-order valence-electron chi connectivity index (χ3n) is 1.94. The van der Waals surface area contributed by atoms with E-state index in [2.05, 4.69) is 17.5 Å². The third kappa shape index (κ3) is 3.18. The number of carbonyl (C=O) groups excluding carboxylic acids is 1. The maximum absolute atomic E-state index is 11.6. The molecule has 0 atom stereocenters. The highest BCUT2D eigenvalue weighted by atomic mass is 35.5. The van der Waals surface area contributed by atoms with E-state index in [1.165, 1.54) is 0 Å². The maximum atomic E-state index is 11.6. The van der Waals surface area contributed by atoms with E-state index in [1.54, 1.807) is 25.1 Å². The largest absolute Gasteiger partial charge is 0.392 e. The van der Waals surface area contributed by atoms with Crippen molar-refractivity contribution in [1.82, 2.24) is 5.32 Å². The van der Waals surface area contributed by atoms with Crippen LogP contribution in [0.2, 0.25) is 5.02 Å². The summed E-state index contributed by atoms with van der Waals surface area (Å²) >= 11 is 10.5. The van der Waals surface area contributed by atoms with Crippen LogP contribution in [0.5, 0.6) is 0 Å². The minimum Gasteiger partial charge on any atom is -0.392 e. The molecule has 5 heteroatoms. The Balaban J connectivity index is 2.82. The van der Waals surface area contributed by atoms with Crippen LogP contribution in [0.25, 0.3) is 0 Å². The lowest BCUT2D eigenvalue weighted by molar-refractivity contribution is 0.0959. The van der Waals surface area contributed by atoms with E-state index in [0.29, 0.717) is 10.6 Å². The molecule has 1 aromatic rings. The van der Waals surface area contributed by atoms with Crippen LogP contribution in [-0.4, -0.2) is 17.4 Å². The van der Waals surface area contributed by atoms with Gasteiger partial charge in [-0.25, -0.2) is 0 Å². The summed E-state index contributed by atoms with van der Waals surface area (Å²) < 4.78 is 0. The molecule has 0 aliphatic carbocycles. The first-order valence-corrected chi connectivity index (χ1v) is 5.12. The van der Waals surface area contributed by atoms with Gasteiger partial charge in [-0.2, -0.15) is 0 Å². The second kappa shape index (κ2) is 5.09. The van der Waals surface area contributed by atoms with Gasteiger partial charge in [-0.3, -0.25) is 4.79 Å². The highest BCUT2D eigenvalue weighted by molar-refractivity contribution is 7.80. The van der Waals surface area contributed by atoms with Gasteiger partial charge in [-0.15, -0.1) is 0 Å². The molecule has 3 N–H and O–H groups in total. The molecular weight excluding hydrogens is 232 g/mol. The number of halogens is 1. The summed E-state index contributed by atoms with van der Waals surface area (Å²) in [6, 6.07) is 5.17. The number of amides is 1. The van der Waals surface area contributed by atoms with Crippen LogP contribution >= 0.6 is 23.8 Å². The van der Waals surface area contributed by atoms with Crippen molar-refractivity contribution < 1.29 is 4.79 Å². The zero-order valence-electron chi connectivity index (χ0n) is 8.21. The molecule has 3 nitrogen and oxygen atoms in total. The first-order valence-electron chi connectivity index (χ1n) is 4.34. The van der Waals surface area contributed by atoms with Gasteiger partial charge in [0.05, 0.1) is 11.5 Å². The van der Waals surface area contributed by atoms with Crippen LogP contribution in [0.4, 0.5) is 0 Å². The van der Waals surface area contributed by atoms with Gasteiger partial charge in [0.25, 0.3) is 5.91 Å².